The molecule has 8 heteroatoms. The lowest BCUT2D eigenvalue weighted by molar-refractivity contribution is -0.173. The van der Waals surface area contributed by atoms with Crippen LogP contribution in [0.3, 0.4) is 0 Å². The van der Waals surface area contributed by atoms with Crippen LogP contribution in [-0.4, -0.2) is 18.0 Å². The molecule has 0 unspecified atom stereocenters. The molecule has 0 aliphatic rings. The van der Waals surface area contributed by atoms with Gasteiger partial charge >= 0.3 is 12.1 Å². The van der Waals surface area contributed by atoms with E-state index in [2.05, 4.69) is 21.2 Å². The molecule has 2 aromatic carbocycles. The maximum Gasteiger partial charge on any atom is 0.471 e. The first kappa shape index (κ1) is 18.0. The molecule has 0 bridgehead atoms. The van der Waals surface area contributed by atoms with Gasteiger partial charge in [0.1, 0.15) is 0 Å². The molecule has 0 spiro atoms. The molecule has 24 heavy (non-hydrogen) atoms. The second-order valence-electron chi connectivity index (χ2n) is 4.84. The summed E-state index contributed by atoms with van der Waals surface area (Å²) in [6.07, 6.45) is -4.90. The smallest absolute Gasteiger partial charge is 0.344 e. The number of carbonyl (C=O) groups is 2. The van der Waals surface area contributed by atoms with Gasteiger partial charge in [0.15, 0.2) is 0 Å². The van der Waals surface area contributed by atoms with Crippen molar-refractivity contribution < 1.29 is 22.8 Å². The molecule has 0 aromatic heterocycles. The van der Waals surface area contributed by atoms with E-state index in [9.17, 15) is 22.8 Å². The van der Waals surface area contributed by atoms with Gasteiger partial charge in [0, 0.05) is 22.3 Å². The van der Waals surface area contributed by atoms with Gasteiger partial charge in [0.2, 0.25) is 0 Å². The second kappa shape index (κ2) is 7.48. The lowest BCUT2D eigenvalue weighted by atomic mass is 10.2. The van der Waals surface area contributed by atoms with Crippen molar-refractivity contribution in [3.05, 3.63) is 64.1 Å². The molecule has 126 valence electrons. The van der Waals surface area contributed by atoms with Crippen LogP contribution in [0.25, 0.3) is 0 Å². The Morgan fingerprint density at radius 1 is 1.04 bits per heavy atom. The van der Waals surface area contributed by atoms with Crippen LogP contribution in [0.1, 0.15) is 15.9 Å². The quantitative estimate of drug-likeness (QED) is 0.817. The van der Waals surface area contributed by atoms with Crippen molar-refractivity contribution in [1.29, 1.82) is 0 Å². The zero-order chi connectivity index (χ0) is 17.7. The van der Waals surface area contributed by atoms with Crippen molar-refractivity contribution in [3.8, 4) is 0 Å². The molecule has 0 heterocycles. The van der Waals surface area contributed by atoms with Gasteiger partial charge < -0.3 is 10.6 Å². The number of anilines is 1. The summed E-state index contributed by atoms with van der Waals surface area (Å²) < 4.78 is 37.0. The van der Waals surface area contributed by atoms with E-state index in [4.69, 9.17) is 0 Å². The average Bonchev–Trinajstić information content (AvgIpc) is 2.53. The second-order valence-corrected chi connectivity index (χ2v) is 5.76. The maximum absolute atomic E-state index is 12.1. The third kappa shape index (κ3) is 5.09. The molecule has 0 aliphatic carbocycles. The Kier molecular flexibility index (Phi) is 5.61. The summed E-state index contributed by atoms with van der Waals surface area (Å²) in [5.74, 6) is -2.30. The van der Waals surface area contributed by atoms with E-state index in [1.165, 1.54) is 12.1 Å². The molecule has 2 amide bonds. The molecule has 0 fully saturated rings. The van der Waals surface area contributed by atoms with Crippen molar-refractivity contribution in [2.45, 2.75) is 12.7 Å². The third-order valence-corrected chi connectivity index (χ3v) is 3.50. The molecule has 2 rings (SSSR count). The van der Waals surface area contributed by atoms with Crippen LogP contribution >= 0.6 is 15.9 Å². The molecule has 0 radical (unpaired) electrons. The fourth-order valence-electron chi connectivity index (χ4n) is 1.82. The standard InChI is InChI=1S/C16H12BrF3N2O2/c17-12-3-1-2-11(8-12)14(23)22-13-6-4-10(5-7-13)9-21-15(24)16(18,19)20/h1-8H,9H2,(H,21,24)(H,22,23). The normalized spacial score (nSPS) is 11.0. The average molecular weight is 401 g/mol. The number of amides is 2. The van der Waals surface area contributed by atoms with Crippen LogP contribution in [0.5, 0.6) is 0 Å². The van der Waals surface area contributed by atoms with Crippen LogP contribution in [0, 0.1) is 0 Å². The van der Waals surface area contributed by atoms with Gasteiger partial charge in [0.25, 0.3) is 5.91 Å². The number of rotatable bonds is 4. The lowest BCUT2D eigenvalue weighted by Gasteiger charge is -2.09. The van der Waals surface area contributed by atoms with E-state index < -0.39 is 12.1 Å². The minimum Gasteiger partial charge on any atom is -0.344 e. The number of alkyl halides is 3. The Morgan fingerprint density at radius 2 is 1.71 bits per heavy atom. The summed E-state index contributed by atoms with van der Waals surface area (Å²) in [6, 6.07) is 13.0. The molecule has 2 N–H and O–H groups in total. The molecule has 0 aliphatic heterocycles. The monoisotopic (exact) mass is 400 g/mol. The van der Waals surface area contributed by atoms with Crippen molar-refractivity contribution in [2.75, 3.05) is 5.32 Å². The minimum atomic E-state index is -4.90. The third-order valence-electron chi connectivity index (χ3n) is 3.01. The topological polar surface area (TPSA) is 58.2 Å². The lowest BCUT2D eigenvalue weighted by Crippen LogP contribution is -2.36. The molecule has 0 saturated heterocycles. The Labute approximate surface area is 144 Å². The van der Waals surface area contributed by atoms with Gasteiger partial charge in [-0.15, -0.1) is 0 Å². The van der Waals surface area contributed by atoms with Crippen LogP contribution in [0.2, 0.25) is 0 Å². The summed E-state index contributed by atoms with van der Waals surface area (Å²) >= 11 is 3.27. The summed E-state index contributed by atoms with van der Waals surface area (Å²) in [5.41, 5.74) is 1.44. The number of halogens is 4. The van der Waals surface area contributed by atoms with Crippen molar-refractivity contribution in [2.24, 2.45) is 0 Å². The van der Waals surface area contributed by atoms with Crippen molar-refractivity contribution >= 4 is 33.4 Å². The highest BCUT2D eigenvalue weighted by Crippen LogP contribution is 2.16. The fourth-order valence-corrected chi connectivity index (χ4v) is 2.22. The Balaban J connectivity index is 1.95. The van der Waals surface area contributed by atoms with Crippen LogP contribution in [0.15, 0.2) is 53.0 Å². The van der Waals surface area contributed by atoms with Gasteiger partial charge in [0.05, 0.1) is 0 Å². The molecule has 0 saturated carbocycles. The summed E-state index contributed by atoms with van der Waals surface area (Å²) in [5, 5.41) is 4.45. The van der Waals surface area contributed by atoms with Crippen LogP contribution < -0.4 is 10.6 Å². The number of hydrogen-bond donors (Lipinski definition) is 2. The van der Waals surface area contributed by atoms with E-state index in [-0.39, 0.29) is 12.5 Å². The predicted molar refractivity (Wildman–Crippen MR) is 86.4 cm³/mol. The first-order chi connectivity index (χ1) is 11.3. The summed E-state index contributed by atoms with van der Waals surface area (Å²) in [6.45, 7) is -0.252. The van der Waals surface area contributed by atoms with Crippen molar-refractivity contribution in [1.82, 2.24) is 5.32 Å². The van der Waals surface area contributed by atoms with Gasteiger partial charge in [-0.05, 0) is 35.9 Å². The van der Waals surface area contributed by atoms with E-state index in [0.717, 1.165) is 4.47 Å². The fraction of sp³-hybridized carbons (Fsp3) is 0.125. The summed E-state index contributed by atoms with van der Waals surface area (Å²) in [4.78, 5) is 22.8. The molecule has 4 nitrogen and oxygen atoms in total. The van der Waals surface area contributed by atoms with Gasteiger partial charge in [-0.25, -0.2) is 0 Å². The molecule has 0 atom stereocenters. The van der Waals surface area contributed by atoms with Crippen LogP contribution in [0.4, 0.5) is 18.9 Å². The Hall–Kier alpha value is -2.35. The zero-order valence-corrected chi connectivity index (χ0v) is 13.7. The molecular weight excluding hydrogens is 389 g/mol. The van der Waals surface area contributed by atoms with Crippen molar-refractivity contribution in [3.63, 3.8) is 0 Å². The predicted octanol–water partition coefficient (Wildman–Crippen LogP) is 3.88. The highest BCUT2D eigenvalue weighted by molar-refractivity contribution is 9.10. The SMILES string of the molecule is O=C(Nc1ccc(CNC(=O)C(F)(F)F)cc1)c1cccc(Br)c1. The minimum absolute atomic E-state index is 0.252. The number of benzene rings is 2. The Morgan fingerprint density at radius 3 is 2.29 bits per heavy atom. The van der Waals surface area contributed by atoms with Crippen LogP contribution in [-0.2, 0) is 11.3 Å². The van der Waals surface area contributed by atoms with E-state index in [1.54, 1.807) is 41.7 Å². The highest BCUT2D eigenvalue weighted by atomic mass is 79.9. The van der Waals surface area contributed by atoms with Gasteiger partial charge in [-0.1, -0.05) is 34.1 Å². The van der Waals surface area contributed by atoms with E-state index >= 15 is 0 Å². The first-order valence-electron chi connectivity index (χ1n) is 6.76. The largest absolute Gasteiger partial charge is 0.471 e. The zero-order valence-electron chi connectivity index (χ0n) is 12.2. The van der Waals surface area contributed by atoms with Gasteiger partial charge in [-0.2, -0.15) is 13.2 Å². The molecular formula is C16H12BrF3N2O2. The highest BCUT2D eigenvalue weighted by Gasteiger charge is 2.38. The van der Waals surface area contributed by atoms with Gasteiger partial charge in [-0.3, -0.25) is 9.59 Å². The number of carbonyl (C=O) groups excluding carboxylic acids is 2. The van der Waals surface area contributed by atoms with E-state index in [0.29, 0.717) is 16.8 Å². The Bertz CT molecular complexity index is 746. The van der Waals surface area contributed by atoms with E-state index in [1.807, 2.05) is 0 Å². The summed E-state index contributed by atoms with van der Waals surface area (Å²) in [7, 11) is 0. The maximum atomic E-state index is 12.1. The molecule has 2 aromatic rings. The first-order valence-corrected chi connectivity index (χ1v) is 7.56. The number of hydrogen-bond acceptors (Lipinski definition) is 2. The number of nitrogens with one attached hydrogen (secondary N) is 2.